The summed E-state index contributed by atoms with van der Waals surface area (Å²) < 4.78 is 1.57. The Morgan fingerprint density at radius 3 is 2.50 bits per heavy atom. The average Bonchev–Trinajstić information content (AvgIpc) is 3.30. The van der Waals surface area contributed by atoms with Gasteiger partial charge in [0.05, 0.1) is 24.3 Å². The molecule has 166 valence electrons. The number of nitrogens with zero attached hydrogens (tertiary/aromatic N) is 5. The molecule has 2 heterocycles. The van der Waals surface area contributed by atoms with E-state index in [4.69, 9.17) is 11.6 Å². The van der Waals surface area contributed by atoms with Crippen molar-refractivity contribution in [3.05, 3.63) is 71.3 Å². The summed E-state index contributed by atoms with van der Waals surface area (Å²) in [5.41, 5.74) is 3.46. The molecule has 1 fully saturated rings. The van der Waals surface area contributed by atoms with Gasteiger partial charge in [0, 0.05) is 31.2 Å². The fraction of sp³-hybridized carbons (Fsp3) is 0.304. The molecule has 3 aromatic rings. The normalized spacial score (nSPS) is 14.4. The Morgan fingerprint density at radius 2 is 1.81 bits per heavy atom. The molecule has 2 aromatic carbocycles. The topological polar surface area (TPSA) is 83.4 Å². The molecule has 2 amide bonds. The lowest BCUT2D eigenvalue weighted by molar-refractivity contribution is -0.132. The fourth-order valence-electron chi connectivity index (χ4n) is 3.68. The molecule has 0 atom stereocenters. The number of benzene rings is 2. The van der Waals surface area contributed by atoms with Gasteiger partial charge in [-0.2, -0.15) is 5.10 Å². The second kappa shape index (κ2) is 9.93. The number of carbonyl (C=O) groups is 2. The van der Waals surface area contributed by atoms with Crippen LogP contribution in [0.25, 0.3) is 5.69 Å². The molecule has 32 heavy (non-hydrogen) atoms. The van der Waals surface area contributed by atoms with Crippen molar-refractivity contribution in [1.82, 2.24) is 24.6 Å². The number of carbonyl (C=O) groups excluding carboxylic acids is 2. The van der Waals surface area contributed by atoms with Gasteiger partial charge in [-0.15, -0.1) is 0 Å². The highest BCUT2D eigenvalue weighted by Crippen LogP contribution is 2.24. The minimum Gasteiger partial charge on any atom is -0.340 e. The van der Waals surface area contributed by atoms with E-state index in [-0.39, 0.29) is 18.4 Å². The monoisotopic (exact) mass is 452 g/mol. The van der Waals surface area contributed by atoms with E-state index >= 15 is 0 Å². The molecular weight excluding hydrogens is 428 g/mol. The van der Waals surface area contributed by atoms with Crippen LogP contribution in [0.2, 0.25) is 5.02 Å². The fourth-order valence-corrected chi connectivity index (χ4v) is 3.85. The minimum absolute atomic E-state index is 0.120. The first-order valence-corrected chi connectivity index (χ1v) is 10.9. The van der Waals surface area contributed by atoms with Gasteiger partial charge in [-0.1, -0.05) is 41.4 Å². The Labute approximate surface area is 191 Å². The van der Waals surface area contributed by atoms with Crippen LogP contribution in [0.3, 0.4) is 0 Å². The Hall–Kier alpha value is -3.23. The molecule has 1 saturated heterocycles. The number of anilines is 1. The van der Waals surface area contributed by atoms with Crippen LogP contribution in [0.1, 0.15) is 11.1 Å². The Morgan fingerprint density at radius 1 is 1.06 bits per heavy atom. The lowest BCUT2D eigenvalue weighted by atomic mass is 10.1. The van der Waals surface area contributed by atoms with Gasteiger partial charge in [-0.25, -0.2) is 9.67 Å². The Bertz CT molecular complexity index is 1080. The number of piperazine rings is 1. The molecule has 0 saturated carbocycles. The minimum atomic E-state index is -0.145. The van der Waals surface area contributed by atoms with Crippen LogP contribution in [0.15, 0.2) is 55.1 Å². The van der Waals surface area contributed by atoms with E-state index in [2.05, 4.69) is 15.4 Å². The van der Waals surface area contributed by atoms with Crippen LogP contribution in [-0.4, -0.2) is 69.1 Å². The maximum atomic E-state index is 12.7. The first kappa shape index (κ1) is 22.0. The third kappa shape index (κ3) is 5.52. The molecule has 1 N–H and O–H groups in total. The molecule has 1 aliphatic heterocycles. The van der Waals surface area contributed by atoms with E-state index < -0.39 is 0 Å². The van der Waals surface area contributed by atoms with Gasteiger partial charge in [-0.05, 0) is 30.7 Å². The van der Waals surface area contributed by atoms with Crippen LogP contribution in [0, 0.1) is 6.92 Å². The summed E-state index contributed by atoms with van der Waals surface area (Å²) in [4.78, 5) is 33.2. The van der Waals surface area contributed by atoms with E-state index in [1.54, 1.807) is 29.2 Å². The molecule has 1 aromatic heterocycles. The molecule has 1 aliphatic rings. The summed E-state index contributed by atoms with van der Waals surface area (Å²) in [7, 11) is 0. The molecule has 0 unspecified atom stereocenters. The molecule has 4 rings (SSSR count). The van der Waals surface area contributed by atoms with Crippen LogP contribution in [-0.2, 0) is 16.0 Å². The highest BCUT2D eigenvalue weighted by atomic mass is 35.5. The van der Waals surface area contributed by atoms with E-state index in [9.17, 15) is 9.59 Å². The van der Waals surface area contributed by atoms with Crippen molar-refractivity contribution in [2.24, 2.45) is 0 Å². The van der Waals surface area contributed by atoms with E-state index in [1.807, 2.05) is 41.0 Å². The molecule has 0 bridgehead atoms. The second-order valence-corrected chi connectivity index (χ2v) is 8.31. The molecule has 0 spiro atoms. The largest absolute Gasteiger partial charge is 0.340 e. The first-order valence-electron chi connectivity index (χ1n) is 10.5. The van der Waals surface area contributed by atoms with Gasteiger partial charge < -0.3 is 10.2 Å². The van der Waals surface area contributed by atoms with Crippen LogP contribution >= 0.6 is 11.6 Å². The summed E-state index contributed by atoms with van der Waals surface area (Å²) in [6.45, 7) is 4.79. The number of aryl methyl sites for hydroxylation is 1. The lowest BCUT2D eigenvalue weighted by Crippen LogP contribution is -2.50. The van der Waals surface area contributed by atoms with Crippen molar-refractivity contribution < 1.29 is 9.59 Å². The van der Waals surface area contributed by atoms with Gasteiger partial charge in [0.25, 0.3) is 0 Å². The van der Waals surface area contributed by atoms with Crippen molar-refractivity contribution in [2.75, 3.05) is 38.0 Å². The van der Waals surface area contributed by atoms with Crippen molar-refractivity contribution in [2.45, 2.75) is 13.3 Å². The van der Waals surface area contributed by atoms with Crippen molar-refractivity contribution in [3.63, 3.8) is 0 Å². The first-order chi connectivity index (χ1) is 15.5. The molecule has 9 heteroatoms. The zero-order chi connectivity index (χ0) is 22.5. The van der Waals surface area contributed by atoms with Crippen LogP contribution in [0.5, 0.6) is 0 Å². The Kier molecular flexibility index (Phi) is 6.82. The van der Waals surface area contributed by atoms with Crippen molar-refractivity contribution in [3.8, 4) is 5.69 Å². The third-order valence-electron chi connectivity index (χ3n) is 5.47. The van der Waals surface area contributed by atoms with Gasteiger partial charge in [0.1, 0.15) is 12.7 Å². The number of aromatic nitrogens is 3. The number of hydrogen-bond acceptors (Lipinski definition) is 5. The number of halogens is 1. The van der Waals surface area contributed by atoms with Gasteiger partial charge >= 0.3 is 0 Å². The highest BCUT2D eigenvalue weighted by Gasteiger charge is 2.23. The standard InChI is InChI=1S/C23H25ClN6O2/c1-17-2-4-18(5-3-17)12-23(32)29-10-8-28(9-11-29)14-22(31)27-20-13-19(24)6-7-21(20)30-16-25-15-26-30/h2-7,13,15-16H,8-12,14H2,1H3,(H,27,31). The van der Waals surface area contributed by atoms with Crippen molar-refractivity contribution >= 4 is 29.1 Å². The summed E-state index contributed by atoms with van der Waals surface area (Å²) in [6.07, 6.45) is 3.39. The molecule has 0 aliphatic carbocycles. The summed E-state index contributed by atoms with van der Waals surface area (Å²) in [5, 5.41) is 7.56. The number of rotatable bonds is 6. The van der Waals surface area contributed by atoms with E-state index in [0.717, 1.165) is 5.56 Å². The quantitative estimate of drug-likeness (QED) is 0.621. The Balaban J connectivity index is 1.29. The SMILES string of the molecule is Cc1ccc(CC(=O)N2CCN(CC(=O)Nc3cc(Cl)ccc3-n3cncn3)CC2)cc1. The van der Waals surface area contributed by atoms with Crippen molar-refractivity contribution in [1.29, 1.82) is 0 Å². The predicted octanol–water partition coefficient (Wildman–Crippen LogP) is 2.55. The van der Waals surface area contributed by atoms with Crippen LogP contribution in [0.4, 0.5) is 5.69 Å². The summed E-state index contributed by atoms with van der Waals surface area (Å²) in [5.74, 6) is -0.0255. The molecule has 8 nitrogen and oxygen atoms in total. The molecule has 0 radical (unpaired) electrons. The lowest BCUT2D eigenvalue weighted by Gasteiger charge is -2.34. The second-order valence-electron chi connectivity index (χ2n) is 7.87. The smallest absolute Gasteiger partial charge is 0.238 e. The zero-order valence-electron chi connectivity index (χ0n) is 17.9. The molecular formula is C23H25ClN6O2. The van der Waals surface area contributed by atoms with E-state index in [0.29, 0.717) is 49.0 Å². The number of hydrogen-bond donors (Lipinski definition) is 1. The maximum absolute atomic E-state index is 12.7. The number of amides is 2. The number of nitrogens with one attached hydrogen (secondary N) is 1. The zero-order valence-corrected chi connectivity index (χ0v) is 18.6. The highest BCUT2D eigenvalue weighted by molar-refractivity contribution is 6.31. The van der Waals surface area contributed by atoms with Gasteiger partial charge in [-0.3, -0.25) is 14.5 Å². The van der Waals surface area contributed by atoms with E-state index in [1.165, 1.54) is 11.9 Å². The maximum Gasteiger partial charge on any atom is 0.238 e. The van der Waals surface area contributed by atoms with Gasteiger partial charge in [0.2, 0.25) is 11.8 Å². The van der Waals surface area contributed by atoms with Gasteiger partial charge in [0.15, 0.2) is 0 Å². The predicted molar refractivity (Wildman–Crippen MR) is 123 cm³/mol. The third-order valence-corrected chi connectivity index (χ3v) is 5.70. The average molecular weight is 453 g/mol. The summed E-state index contributed by atoms with van der Waals surface area (Å²) in [6, 6.07) is 13.2. The van der Waals surface area contributed by atoms with Crippen LogP contribution < -0.4 is 5.32 Å². The summed E-state index contributed by atoms with van der Waals surface area (Å²) >= 11 is 6.12.